The number of aryl methyl sites for hydroxylation is 1. The number of furan rings is 1. The van der Waals surface area contributed by atoms with Crippen LogP contribution in [0, 0.1) is 6.92 Å². The summed E-state index contributed by atoms with van der Waals surface area (Å²) in [6, 6.07) is 29.9. The van der Waals surface area contributed by atoms with Gasteiger partial charge in [0.25, 0.3) is 21.8 Å². The number of halogens is 1. The standard InChI is InChI=1S/C33H28ClN3O5S/c1-23-12-18-27(19-13-23)43(40,41)37(22-24-14-16-25(34)17-15-24)31-11-5-3-9-29(31)33(39)36-30-10-4-2-8-28(30)32(38)35-21-26-7-6-20-42-26/h2-20H,21-22H2,1H3,(H,35,38)(H,36,39). The highest BCUT2D eigenvalue weighted by Gasteiger charge is 2.29. The Morgan fingerprint density at radius 3 is 2.16 bits per heavy atom. The second kappa shape index (κ2) is 13.0. The maximum atomic E-state index is 14.1. The van der Waals surface area contributed by atoms with Gasteiger partial charge in [-0.05, 0) is 73.2 Å². The highest BCUT2D eigenvalue weighted by atomic mass is 35.5. The van der Waals surface area contributed by atoms with Gasteiger partial charge in [-0.2, -0.15) is 0 Å². The molecule has 0 fully saturated rings. The van der Waals surface area contributed by atoms with Gasteiger partial charge in [-0.25, -0.2) is 8.42 Å². The smallest absolute Gasteiger partial charge is 0.264 e. The number of nitrogens with zero attached hydrogens (tertiary/aromatic N) is 1. The molecule has 218 valence electrons. The van der Waals surface area contributed by atoms with Crippen LogP contribution in [0.4, 0.5) is 11.4 Å². The third-order valence-electron chi connectivity index (χ3n) is 6.69. The van der Waals surface area contributed by atoms with Gasteiger partial charge in [0.15, 0.2) is 0 Å². The molecule has 4 aromatic carbocycles. The van der Waals surface area contributed by atoms with Crippen LogP contribution in [-0.2, 0) is 23.1 Å². The summed E-state index contributed by atoms with van der Waals surface area (Å²) in [4.78, 5) is 26.8. The number of para-hydroxylation sites is 2. The van der Waals surface area contributed by atoms with E-state index in [2.05, 4.69) is 10.6 Å². The zero-order chi connectivity index (χ0) is 30.4. The van der Waals surface area contributed by atoms with E-state index in [1.54, 1.807) is 109 Å². The highest BCUT2D eigenvalue weighted by molar-refractivity contribution is 7.92. The van der Waals surface area contributed by atoms with Crippen LogP contribution >= 0.6 is 11.6 Å². The zero-order valence-corrected chi connectivity index (χ0v) is 24.7. The minimum absolute atomic E-state index is 0.0521. The molecule has 0 saturated heterocycles. The Morgan fingerprint density at radius 2 is 1.47 bits per heavy atom. The lowest BCUT2D eigenvalue weighted by Crippen LogP contribution is -2.32. The first-order chi connectivity index (χ1) is 20.7. The molecule has 0 spiro atoms. The molecular weight excluding hydrogens is 586 g/mol. The van der Waals surface area contributed by atoms with Crippen molar-refractivity contribution >= 4 is 44.8 Å². The van der Waals surface area contributed by atoms with Crippen molar-refractivity contribution in [2.45, 2.75) is 24.9 Å². The van der Waals surface area contributed by atoms with E-state index in [1.165, 1.54) is 10.6 Å². The second-order valence-corrected chi connectivity index (χ2v) is 12.0. The predicted molar refractivity (Wildman–Crippen MR) is 167 cm³/mol. The lowest BCUT2D eigenvalue weighted by molar-refractivity contribution is 0.0949. The van der Waals surface area contributed by atoms with E-state index >= 15 is 0 Å². The van der Waals surface area contributed by atoms with Gasteiger partial charge in [-0.15, -0.1) is 0 Å². The van der Waals surface area contributed by atoms with Gasteiger partial charge >= 0.3 is 0 Å². The van der Waals surface area contributed by atoms with Crippen LogP contribution in [0.25, 0.3) is 0 Å². The van der Waals surface area contributed by atoms with Crippen molar-refractivity contribution in [2.75, 3.05) is 9.62 Å². The quantitative estimate of drug-likeness (QED) is 0.180. The fourth-order valence-electron chi connectivity index (χ4n) is 4.43. The number of sulfonamides is 1. The summed E-state index contributed by atoms with van der Waals surface area (Å²) in [7, 11) is -4.11. The molecule has 1 heterocycles. The largest absolute Gasteiger partial charge is 0.467 e. The van der Waals surface area contributed by atoms with Crippen LogP contribution in [0.3, 0.4) is 0 Å². The van der Waals surface area contributed by atoms with Crippen LogP contribution in [0.2, 0.25) is 5.02 Å². The van der Waals surface area contributed by atoms with E-state index in [0.29, 0.717) is 16.3 Å². The fraction of sp³-hybridized carbons (Fsp3) is 0.0909. The molecule has 0 saturated carbocycles. The molecule has 1 aromatic heterocycles. The van der Waals surface area contributed by atoms with Crippen molar-refractivity contribution in [3.05, 3.63) is 148 Å². The molecule has 5 rings (SSSR count). The molecule has 0 atom stereocenters. The monoisotopic (exact) mass is 613 g/mol. The van der Waals surface area contributed by atoms with Gasteiger partial charge in [-0.3, -0.25) is 13.9 Å². The number of hydrogen-bond acceptors (Lipinski definition) is 5. The number of carbonyl (C=O) groups excluding carboxylic acids is 2. The predicted octanol–water partition coefficient (Wildman–Crippen LogP) is 6.82. The van der Waals surface area contributed by atoms with Crippen LogP contribution in [-0.4, -0.2) is 20.2 Å². The summed E-state index contributed by atoms with van der Waals surface area (Å²) < 4.78 is 34.6. The fourth-order valence-corrected chi connectivity index (χ4v) is 6.03. The molecule has 2 amide bonds. The minimum atomic E-state index is -4.11. The highest BCUT2D eigenvalue weighted by Crippen LogP contribution is 2.30. The molecular formula is C33H28ClN3O5S. The van der Waals surface area contributed by atoms with Gasteiger partial charge in [0, 0.05) is 5.02 Å². The zero-order valence-electron chi connectivity index (χ0n) is 23.2. The van der Waals surface area contributed by atoms with E-state index in [4.69, 9.17) is 16.0 Å². The first-order valence-corrected chi connectivity index (χ1v) is 15.2. The average Bonchev–Trinajstić information content (AvgIpc) is 3.54. The summed E-state index contributed by atoms with van der Waals surface area (Å²) in [6.45, 7) is 1.99. The molecule has 0 unspecified atom stereocenters. The van der Waals surface area contributed by atoms with E-state index in [0.717, 1.165) is 5.56 Å². The Balaban J connectivity index is 1.49. The van der Waals surface area contributed by atoms with Crippen LogP contribution < -0.4 is 14.9 Å². The number of anilines is 2. The van der Waals surface area contributed by atoms with Gasteiger partial charge < -0.3 is 15.1 Å². The number of carbonyl (C=O) groups is 2. The van der Waals surface area contributed by atoms with Crippen molar-refractivity contribution in [1.29, 1.82) is 0 Å². The molecule has 0 aliphatic carbocycles. The van der Waals surface area contributed by atoms with Crippen LogP contribution in [0.15, 0.2) is 125 Å². The average molecular weight is 614 g/mol. The van der Waals surface area contributed by atoms with Crippen molar-refractivity contribution < 1.29 is 22.4 Å². The second-order valence-electron chi connectivity index (χ2n) is 9.73. The summed E-state index contributed by atoms with van der Waals surface area (Å²) in [5.41, 5.74) is 2.38. The SMILES string of the molecule is Cc1ccc(S(=O)(=O)N(Cc2ccc(Cl)cc2)c2ccccc2C(=O)Nc2ccccc2C(=O)NCc2ccco2)cc1. The van der Waals surface area contributed by atoms with Crippen LogP contribution in [0.5, 0.6) is 0 Å². The maximum absolute atomic E-state index is 14.1. The summed E-state index contributed by atoms with van der Waals surface area (Å²) in [5, 5.41) is 6.10. The van der Waals surface area contributed by atoms with E-state index < -0.39 is 21.8 Å². The number of hydrogen-bond donors (Lipinski definition) is 2. The first-order valence-electron chi connectivity index (χ1n) is 13.4. The first kappa shape index (κ1) is 29.6. The molecule has 8 nitrogen and oxygen atoms in total. The molecule has 10 heteroatoms. The molecule has 43 heavy (non-hydrogen) atoms. The number of rotatable bonds is 10. The maximum Gasteiger partial charge on any atom is 0.264 e. The van der Waals surface area contributed by atoms with Gasteiger partial charge in [0.1, 0.15) is 5.76 Å². The summed E-state index contributed by atoms with van der Waals surface area (Å²) in [6.07, 6.45) is 1.52. The van der Waals surface area contributed by atoms with E-state index in [9.17, 15) is 18.0 Å². The third kappa shape index (κ3) is 6.97. The Bertz CT molecular complexity index is 1840. The lowest BCUT2D eigenvalue weighted by atomic mass is 10.1. The summed E-state index contributed by atoms with van der Waals surface area (Å²) >= 11 is 6.07. The minimum Gasteiger partial charge on any atom is -0.467 e. The topological polar surface area (TPSA) is 109 Å². The number of amides is 2. The molecule has 0 bridgehead atoms. The van der Waals surface area contributed by atoms with Crippen molar-refractivity contribution in [2.24, 2.45) is 0 Å². The molecule has 5 aromatic rings. The molecule has 0 aliphatic rings. The Morgan fingerprint density at radius 1 is 0.791 bits per heavy atom. The lowest BCUT2D eigenvalue weighted by Gasteiger charge is -2.27. The van der Waals surface area contributed by atoms with Crippen LogP contribution in [0.1, 0.15) is 37.6 Å². The molecule has 2 N–H and O–H groups in total. The third-order valence-corrected chi connectivity index (χ3v) is 8.71. The normalized spacial score (nSPS) is 11.1. The Hall–Kier alpha value is -4.86. The van der Waals surface area contributed by atoms with Crippen molar-refractivity contribution in [1.82, 2.24) is 5.32 Å². The van der Waals surface area contributed by atoms with Crippen molar-refractivity contribution in [3.8, 4) is 0 Å². The van der Waals surface area contributed by atoms with Gasteiger partial charge in [-0.1, -0.05) is 65.7 Å². The van der Waals surface area contributed by atoms with Crippen molar-refractivity contribution in [3.63, 3.8) is 0 Å². The molecule has 0 radical (unpaired) electrons. The Labute approximate surface area is 255 Å². The summed E-state index contributed by atoms with van der Waals surface area (Å²) in [5.74, 6) is -0.409. The van der Waals surface area contributed by atoms with E-state index in [1.807, 2.05) is 6.92 Å². The molecule has 0 aliphatic heterocycles. The Kier molecular flexibility index (Phi) is 8.94. The van der Waals surface area contributed by atoms with Gasteiger partial charge in [0.2, 0.25) is 0 Å². The van der Waals surface area contributed by atoms with Gasteiger partial charge in [0.05, 0.1) is 46.7 Å². The van der Waals surface area contributed by atoms with E-state index in [-0.39, 0.29) is 40.5 Å². The number of nitrogens with one attached hydrogen (secondary N) is 2. The number of benzene rings is 4.